The molecule has 0 aliphatic heterocycles. The molecule has 210 valence electrons. The van der Waals surface area contributed by atoms with Gasteiger partial charge in [-0.2, -0.15) is 0 Å². The van der Waals surface area contributed by atoms with Crippen LogP contribution in [0.1, 0.15) is 62.9 Å². The molecule has 0 bridgehead atoms. The molecule has 0 amide bonds. The Morgan fingerprint density at radius 2 is 1.84 bits per heavy atom. The molecule has 0 saturated heterocycles. The first kappa shape index (κ1) is 33.5. The van der Waals surface area contributed by atoms with Gasteiger partial charge in [0.1, 0.15) is 17.9 Å². The van der Waals surface area contributed by atoms with Crippen molar-refractivity contribution in [3.05, 3.63) is 53.6 Å². The van der Waals surface area contributed by atoms with Gasteiger partial charge in [-0.05, 0) is 76.3 Å². The van der Waals surface area contributed by atoms with Gasteiger partial charge in [-0.15, -0.1) is 0 Å². The number of carbonyl (C=O) groups is 1. The van der Waals surface area contributed by atoms with Crippen molar-refractivity contribution in [3.63, 3.8) is 0 Å². The van der Waals surface area contributed by atoms with Crippen LogP contribution < -0.4 is 20.3 Å². The smallest absolute Gasteiger partial charge is 0.150 e. The van der Waals surface area contributed by atoms with Crippen LogP contribution in [0.5, 0.6) is 0 Å². The fraction of sp³-hybridized carbons (Fsp3) is 0.548. The van der Waals surface area contributed by atoms with Crippen molar-refractivity contribution in [2.24, 2.45) is 11.8 Å². The highest BCUT2D eigenvalue weighted by Gasteiger charge is 2.21. The summed E-state index contributed by atoms with van der Waals surface area (Å²) in [4.78, 5) is 15.6. The Morgan fingerprint density at radius 1 is 1.13 bits per heavy atom. The fourth-order valence-electron chi connectivity index (χ4n) is 3.13. The molecule has 0 radical (unpaired) electrons. The fourth-order valence-corrected chi connectivity index (χ4v) is 3.96. The van der Waals surface area contributed by atoms with Crippen molar-refractivity contribution in [1.82, 2.24) is 15.6 Å². The average molecular weight is 540 g/mol. The van der Waals surface area contributed by atoms with E-state index in [4.69, 9.17) is 0 Å². The first-order chi connectivity index (χ1) is 18.2. The second-order valence-electron chi connectivity index (χ2n) is 10.0. The van der Waals surface area contributed by atoms with Gasteiger partial charge in [-0.3, -0.25) is 4.79 Å². The zero-order chi connectivity index (χ0) is 28.2. The van der Waals surface area contributed by atoms with E-state index in [0.29, 0.717) is 16.7 Å². The molecule has 1 saturated carbocycles. The summed E-state index contributed by atoms with van der Waals surface area (Å²) in [5.41, 5.74) is 1.99. The maximum atomic E-state index is 11.0. The summed E-state index contributed by atoms with van der Waals surface area (Å²) in [6.07, 6.45) is 4.65. The van der Waals surface area contributed by atoms with Gasteiger partial charge < -0.3 is 20.3 Å². The number of aromatic nitrogens is 1. The lowest BCUT2D eigenvalue weighted by atomic mass is 10.2. The Hall–Kier alpha value is -2.53. The van der Waals surface area contributed by atoms with E-state index in [1.165, 1.54) is 24.8 Å². The van der Waals surface area contributed by atoms with Gasteiger partial charge >= 0.3 is 0 Å². The molecule has 0 atom stereocenters. The van der Waals surface area contributed by atoms with Crippen LogP contribution in [-0.4, -0.2) is 56.8 Å². The normalized spacial score (nSPS) is 11.9. The molecule has 1 aliphatic carbocycles. The molecule has 1 aliphatic rings. The summed E-state index contributed by atoms with van der Waals surface area (Å²) >= 11 is 1.70. The maximum Gasteiger partial charge on any atom is 0.150 e. The van der Waals surface area contributed by atoms with Gasteiger partial charge in [0.25, 0.3) is 0 Å². The number of hydrogen-bond acceptors (Lipinski definition) is 7. The minimum atomic E-state index is 0.481. The van der Waals surface area contributed by atoms with Crippen LogP contribution in [0.2, 0.25) is 0 Å². The summed E-state index contributed by atoms with van der Waals surface area (Å²) in [5, 5.41) is 10.2. The molecular weight excluding hydrogens is 490 g/mol. The summed E-state index contributed by atoms with van der Waals surface area (Å²) in [7, 11) is 3.95. The van der Waals surface area contributed by atoms with Gasteiger partial charge in [-0.1, -0.05) is 75.4 Å². The first-order valence-electron chi connectivity index (χ1n) is 13.7. The monoisotopic (exact) mass is 539 g/mol. The van der Waals surface area contributed by atoms with E-state index < -0.39 is 0 Å². The summed E-state index contributed by atoms with van der Waals surface area (Å²) in [6.45, 7) is 14.5. The van der Waals surface area contributed by atoms with Crippen LogP contribution in [0, 0.1) is 30.6 Å². The van der Waals surface area contributed by atoms with Crippen molar-refractivity contribution in [3.8, 4) is 11.8 Å². The summed E-state index contributed by atoms with van der Waals surface area (Å²) < 4.78 is 2.01. The standard InChI is InChI=1S/C14H21N3OS.C10H20N2.C7H8/c1-10(2)19-17(3)14-7-12(9-18)6-13(16-14)15-8-11-4-5-11;1-10(2)6-4-8-12-9-5-7-11-3;1-7-5-3-2-4-6-7/h6-7,9-11H,4-5,8H2,1-3H3,(H,15,16);10-12H,5,7-9H2,1-3H3;2-6H,1H3. The van der Waals surface area contributed by atoms with E-state index >= 15 is 0 Å². The number of carbonyl (C=O) groups excluding carboxylic acids is 1. The molecule has 3 N–H and O–H groups in total. The van der Waals surface area contributed by atoms with Crippen LogP contribution in [0.25, 0.3) is 0 Å². The highest BCUT2D eigenvalue weighted by atomic mass is 32.2. The molecule has 2 aromatic rings. The summed E-state index contributed by atoms with van der Waals surface area (Å²) in [6, 6.07) is 13.9. The number of anilines is 2. The number of nitrogens with one attached hydrogen (secondary N) is 3. The van der Waals surface area contributed by atoms with Crippen LogP contribution in [0.3, 0.4) is 0 Å². The third-order valence-corrected chi connectivity index (χ3v) is 6.18. The number of pyridine rings is 1. The van der Waals surface area contributed by atoms with Crippen LogP contribution in [0.15, 0.2) is 42.5 Å². The van der Waals surface area contributed by atoms with E-state index in [0.717, 1.165) is 50.0 Å². The van der Waals surface area contributed by atoms with Gasteiger partial charge in [-0.25, -0.2) is 4.98 Å². The zero-order valence-corrected chi connectivity index (χ0v) is 25.3. The Morgan fingerprint density at radius 3 is 2.37 bits per heavy atom. The molecule has 1 fully saturated rings. The van der Waals surface area contributed by atoms with Crippen molar-refractivity contribution in [2.45, 2.75) is 59.1 Å². The predicted molar refractivity (Wildman–Crippen MR) is 167 cm³/mol. The van der Waals surface area contributed by atoms with Gasteiger partial charge in [0.05, 0.1) is 6.54 Å². The van der Waals surface area contributed by atoms with Crippen LogP contribution in [0.4, 0.5) is 11.6 Å². The average Bonchev–Trinajstić information content (AvgIpc) is 3.72. The number of aryl methyl sites for hydroxylation is 1. The number of aldehydes is 1. The second kappa shape index (κ2) is 20.4. The molecule has 1 aromatic heterocycles. The topological polar surface area (TPSA) is 69.3 Å². The molecule has 0 unspecified atom stereocenters. The third-order valence-electron chi connectivity index (χ3n) is 5.26. The van der Waals surface area contributed by atoms with Gasteiger partial charge in [0, 0.05) is 30.3 Å². The van der Waals surface area contributed by atoms with Crippen molar-refractivity contribution < 1.29 is 4.79 Å². The quantitative estimate of drug-likeness (QED) is 0.131. The Labute approximate surface area is 236 Å². The predicted octanol–water partition coefficient (Wildman–Crippen LogP) is 6.05. The lowest BCUT2D eigenvalue weighted by Gasteiger charge is -2.20. The van der Waals surface area contributed by atoms with E-state index in [1.54, 1.807) is 11.9 Å². The summed E-state index contributed by atoms with van der Waals surface area (Å²) in [5.74, 6) is 9.08. The van der Waals surface area contributed by atoms with E-state index in [9.17, 15) is 4.79 Å². The third kappa shape index (κ3) is 17.8. The SMILES string of the molecule is CC(C)SN(C)c1cc(C=O)cc(NCC2CC2)n1.CNCCCNCC#CC(C)C.Cc1ccccc1. The Kier molecular flexibility index (Phi) is 18.0. The van der Waals surface area contributed by atoms with E-state index in [1.807, 2.05) is 48.7 Å². The molecule has 3 rings (SSSR count). The number of nitrogens with zero attached hydrogens (tertiary/aromatic N) is 2. The van der Waals surface area contributed by atoms with E-state index in [2.05, 4.69) is 79.5 Å². The van der Waals surface area contributed by atoms with Crippen LogP contribution in [-0.2, 0) is 0 Å². The lowest BCUT2D eigenvalue weighted by Crippen LogP contribution is -2.19. The lowest BCUT2D eigenvalue weighted by molar-refractivity contribution is 0.112. The zero-order valence-electron chi connectivity index (χ0n) is 24.5. The Bertz CT molecular complexity index is 952. The molecule has 1 heterocycles. The first-order valence-corrected chi connectivity index (χ1v) is 14.6. The number of hydrogen-bond donors (Lipinski definition) is 3. The molecule has 6 nitrogen and oxygen atoms in total. The Balaban J connectivity index is 0.000000323. The largest absolute Gasteiger partial charge is 0.370 e. The molecular formula is C31H49N5OS. The molecule has 1 aromatic carbocycles. The van der Waals surface area contributed by atoms with Crippen LogP contribution >= 0.6 is 11.9 Å². The molecule has 7 heteroatoms. The second-order valence-corrected chi connectivity index (χ2v) is 11.7. The molecule has 0 spiro atoms. The van der Waals surface area contributed by atoms with Gasteiger partial charge in [0.2, 0.25) is 0 Å². The van der Waals surface area contributed by atoms with Crippen molar-refractivity contribution in [2.75, 3.05) is 49.9 Å². The van der Waals surface area contributed by atoms with Crippen molar-refractivity contribution in [1.29, 1.82) is 0 Å². The maximum absolute atomic E-state index is 11.0. The molecule has 38 heavy (non-hydrogen) atoms. The van der Waals surface area contributed by atoms with Gasteiger partial charge in [0.15, 0.2) is 0 Å². The van der Waals surface area contributed by atoms with Crippen molar-refractivity contribution >= 4 is 29.9 Å². The van der Waals surface area contributed by atoms with E-state index in [-0.39, 0.29) is 0 Å². The highest BCUT2D eigenvalue weighted by Crippen LogP contribution is 2.29. The number of rotatable bonds is 12. The minimum Gasteiger partial charge on any atom is -0.370 e. The number of benzene rings is 1. The minimum absolute atomic E-state index is 0.481. The highest BCUT2D eigenvalue weighted by molar-refractivity contribution is 8.01.